The van der Waals surface area contributed by atoms with Crippen LogP contribution in [0.15, 0.2) is 24.3 Å². The number of rotatable bonds is 53. The van der Waals surface area contributed by atoms with Gasteiger partial charge in [0.15, 0.2) is 0 Å². The lowest BCUT2D eigenvalue weighted by atomic mass is 10.0. The first-order valence-electron chi connectivity index (χ1n) is 28.6. The maximum absolute atomic E-state index is 12.5. The number of carbonyl (C=O) groups excluding carboxylic acids is 2. The maximum Gasteiger partial charge on any atom is 0.305 e. The van der Waals surface area contributed by atoms with E-state index >= 15 is 0 Å². The van der Waals surface area contributed by atoms with Gasteiger partial charge in [0.2, 0.25) is 5.91 Å². The molecule has 0 aromatic rings. The summed E-state index contributed by atoms with van der Waals surface area (Å²) in [6, 6.07) is -0.640. The van der Waals surface area contributed by atoms with Gasteiger partial charge in [0, 0.05) is 12.8 Å². The van der Waals surface area contributed by atoms with Crippen molar-refractivity contribution in [2.75, 3.05) is 13.2 Å². The quantitative estimate of drug-likeness (QED) is 0.0321. The number of hydrogen-bond acceptors (Lipinski definition) is 5. The van der Waals surface area contributed by atoms with E-state index in [9.17, 15) is 19.8 Å². The predicted octanol–water partition coefficient (Wildman–Crippen LogP) is 17.5. The number of esters is 1. The summed E-state index contributed by atoms with van der Waals surface area (Å²) in [4.78, 5) is 24.5. The monoisotopic (exact) mass is 902 g/mol. The summed E-state index contributed by atoms with van der Waals surface area (Å²) in [5, 5.41) is 23.2. The minimum Gasteiger partial charge on any atom is -0.466 e. The van der Waals surface area contributed by atoms with Crippen LogP contribution in [0.25, 0.3) is 0 Å². The fourth-order valence-electron chi connectivity index (χ4n) is 8.81. The van der Waals surface area contributed by atoms with Gasteiger partial charge in [-0.3, -0.25) is 9.59 Å². The van der Waals surface area contributed by atoms with Crippen molar-refractivity contribution in [2.24, 2.45) is 0 Å². The van der Waals surface area contributed by atoms with Gasteiger partial charge >= 0.3 is 5.97 Å². The Labute approximate surface area is 399 Å². The minimum atomic E-state index is -0.856. The van der Waals surface area contributed by atoms with Gasteiger partial charge < -0.3 is 20.3 Å². The molecule has 6 heteroatoms. The van der Waals surface area contributed by atoms with Gasteiger partial charge in [-0.1, -0.05) is 263 Å². The van der Waals surface area contributed by atoms with Crippen LogP contribution in [0.3, 0.4) is 0 Å². The largest absolute Gasteiger partial charge is 0.466 e. The summed E-state index contributed by atoms with van der Waals surface area (Å²) in [7, 11) is 0. The molecule has 0 aliphatic rings. The number of carbonyl (C=O) groups is 2. The third kappa shape index (κ3) is 49.8. The average Bonchev–Trinajstić information content (AvgIpc) is 3.29. The zero-order valence-electron chi connectivity index (χ0n) is 43.0. The summed E-state index contributed by atoms with van der Waals surface area (Å²) in [5.74, 6) is -0.101. The van der Waals surface area contributed by atoms with Gasteiger partial charge in [0.1, 0.15) is 0 Å². The molecular weight excluding hydrogens is 791 g/mol. The van der Waals surface area contributed by atoms with Crippen LogP contribution in [0.2, 0.25) is 0 Å². The van der Waals surface area contributed by atoms with E-state index < -0.39 is 12.1 Å². The molecule has 0 fully saturated rings. The van der Waals surface area contributed by atoms with Crippen molar-refractivity contribution < 1.29 is 24.5 Å². The SMILES string of the molecule is CCCCCC/C=C\CCCCCCCC(=O)OCCCCCCCCCCCCCCC(=O)NC(CO)C(O)/C=C/CCCCCCCCCCCCCCCCCCCCCC. The molecule has 0 aliphatic carbocycles. The predicted molar refractivity (Wildman–Crippen MR) is 278 cm³/mol. The summed E-state index contributed by atoms with van der Waals surface area (Å²) < 4.78 is 5.45. The highest BCUT2D eigenvalue weighted by Crippen LogP contribution is 2.17. The minimum absolute atomic E-state index is 0.0196. The second-order valence-corrected chi connectivity index (χ2v) is 19.6. The fourth-order valence-corrected chi connectivity index (χ4v) is 8.81. The Morgan fingerprint density at radius 2 is 0.734 bits per heavy atom. The van der Waals surface area contributed by atoms with Gasteiger partial charge in [-0.05, 0) is 57.8 Å². The highest BCUT2D eigenvalue weighted by molar-refractivity contribution is 5.76. The number of allylic oxidation sites excluding steroid dienone is 3. The van der Waals surface area contributed by atoms with Crippen molar-refractivity contribution in [2.45, 2.75) is 321 Å². The Hall–Kier alpha value is -1.66. The lowest BCUT2D eigenvalue weighted by Crippen LogP contribution is -2.45. The molecule has 0 saturated heterocycles. The average molecular weight is 903 g/mol. The molecule has 0 radical (unpaired) electrons. The van der Waals surface area contributed by atoms with Crippen LogP contribution < -0.4 is 5.32 Å². The van der Waals surface area contributed by atoms with Crippen LogP contribution in [0.4, 0.5) is 0 Å². The highest BCUT2D eigenvalue weighted by Gasteiger charge is 2.18. The molecular formula is C58H111NO5. The summed E-state index contributed by atoms with van der Waals surface area (Å²) >= 11 is 0. The highest BCUT2D eigenvalue weighted by atomic mass is 16.5. The zero-order chi connectivity index (χ0) is 46.5. The summed E-state index contributed by atoms with van der Waals surface area (Å²) in [6.45, 7) is 4.87. The van der Waals surface area contributed by atoms with Crippen LogP contribution in [0.1, 0.15) is 309 Å². The first kappa shape index (κ1) is 62.3. The van der Waals surface area contributed by atoms with Gasteiger partial charge in [-0.15, -0.1) is 0 Å². The van der Waals surface area contributed by atoms with E-state index in [0.717, 1.165) is 57.8 Å². The van der Waals surface area contributed by atoms with Gasteiger partial charge in [0.05, 0.1) is 25.4 Å². The molecule has 2 unspecified atom stereocenters. The molecule has 378 valence electrons. The van der Waals surface area contributed by atoms with Gasteiger partial charge in [0.25, 0.3) is 0 Å². The van der Waals surface area contributed by atoms with Crippen molar-refractivity contribution >= 4 is 11.9 Å². The second kappa shape index (κ2) is 54.0. The molecule has 2 atom stereocenters. The van der Waals surface area contributed by atoms with Gasteiger partial charge in [-0.25, -0.2) is 0 Å². The second-order valence-electron chi connectivity index (χ2n) is 19.6. The van der Waals surface area contributed by atoms with Crippen molar-refractivity contribution in [1.29, 1.82) is 0 Å². The smallest absolute Gasteiger partial charge is 0.305 e. The molecule has 3 N–H and O–H groups in total. The Kier molecular flexibility index (Phi) is 52.6. The van der Waals surface area contributed by atoms with E-state index in [2.05, 4.69) is 31.3 Å². The molecule has 0 spiro atoms. The normalized spacial score (nSPS) is 12.8. The topological polar surface area (TPSA) is 95.9 Å². The summed E-state index contributed by atoms with van der Waals surface area (Å²) in [5.41, 5.74) is 0. The lowest BCUT2D eigenvalue weighted by Gasteiger charge is -2.20. The Bertz CT molecular complexity index is 997. The van der Waals surface area contributed by atoms with Crippen LogP contribution in [0.5, 0.6) is 0 Å². The van der Waals surface area contributed by atoms with Crippen LogP contribution in [-0.4, -0.2) is 47.4 Å². The number of amides is 1. The zero-order valence-corrected chi connectivity index (χ0v) is 43.0. The molecule has 6 nitrogen and oxygen atoms in total. The van der Waals surface area contributed by atoms with Crippen LogP contribution in [0, 0.1) is 0 Å². The maximum atomic E-state index is 12.5. The Morgan fingerprint density at radius 1 is 0.422 bits per heavy atom. The Balaban J connectivity index is 3.50. The lowest BCUT2D eigenvalue weighted by molar-refractivity contribution is -0.143. The molecule has 0 aliphatic heterocycles. The van der Waals surface area contributed by atoms with Crippen molar-refractivity contribution in [3.8, 4) is 0 Å². The molecule has 0 aromatic heterocycles. The Morgan fingerprint density at radius 3 is 1.12 bits per heavy atom. The van der Waals surface area contributed by atoms with E-state index in [1.165, 1.54) is 225 Å². The molecule has 0 bridgehead atoms. The third-order valence-corrected chi connectivity index (χ3v) is 13.2. The number of hydrogen-bond donors (Lipinski definition) is 3. The number of nitrogens with one attached hydrogen (secondary N) is 1. The standard InChI is InChI=1S/C58H111NO5/c1-3-5-7-9-11-13-15-17-18-19-20-21-22-23-24-25-27-30-34-38-42-46-50-56(61)55(54-60)59-57(62)51-47-43-39-35-31-28-29-33-37-41-45-49-53-64-58(63)52-48-44-40-36-32-26-16-14-12-10-8-6-4-2/h14,16,46,50,55-56,60-61H,3-13,15,17-45,47-49,51-54H2,1-2H3,(H,59,62)/b16-14-,50-46+. The van der Waals surface area contributed by atoms with Crippen molar-refractivity contribution in [1.82, 2.24) is 5.32 Å². The molecule has 0 saturated carbocycles. The van der Waals surface area contributed by atoms with Crippen LogP contribution >= 0.6 is 0 Å². The molecule has 1 amide bonds. The fraction of sp³-hybridized carbons (Fsp3) is 0.897. The molecule has 0 rings (SSSR count). The number of aliphatic hydroxyl groups excluding tert-OH is 2. The first-order chi connectivity index (χ1) is 31.5. The van der Waals surface area contributed by atoms with E-state index in [0.29, 0.717) is 19.4 Å². The van der Waals surface area contributed by atoms with Crippen LogP contribution in [-0.2, 0) is 14.3 Å². The van der Waals surface area contributed by atoms with E-state index in [4.69, 9.17) is 4.74 Å². The van der Waals surface area contributed by atoms with E-state index in [-0.39, 0.29) is 18.5 Å². The third-order valence-electron chi connectivity index (χ3n) is 13.2. The van der Waals surface area contributed by atoms with E-state index in [1.807, 2.05) is 6.08 Å². The van der Waals surface area contributed by atoms with Crippen molar-refractivity contribution in [3.05, 3.63) is 24.3 Å². The summed E-state index contributed by atoms with van der Waals surface area (Å²) in [6.07, 6.45) is 64.8. The molecule has 0 aromatic carbocycles. The molecule has 0 heterocycles. The number of unbranched alkanes of at least 4 members (excludes halogenated alkanes) is 40. The first-order valence-corrected chi connectivity index (χ1v) is 28.6. The number of ether oxygens (including phenoxy) is 1. The number of aliphatic hydroxyl groups is 2. The van der Waals surface area contributed by atoms with Gasteiger partial charge in [-0.2, -0.15) is 0 Å². The van der Waals surface area contributed by atoms with Crippen molar-refractivity contribution in [3.63, 3.8) is 0 Å². The van der Waals surface area contributed by atoms with E-state index in [1.54, 1.807) is 6.08 Å². The molecule has 64 heavy (non-hydrogen) atoms.